The summed E-state index contributed by atoms with van der Waals surface area (Å²) in [4.78, 5) is 0. The van der Waals surface area contributed by atoms with Crippen molar-refractivity contribution >= 4 is 21.4 Å². The lowest BCUT2D eigenvalue weighted by Gasteiger charge is -2.18. The first kappa shape index (κ1) is 16.5. The van der Waals surface area contributed by atoms with E-state index in [1.54, 1.807) is 0 Å². The first-order chi connectivity index (χ1) is 8.90. The lowest BCUT2D eigenvalue weighted by atomic mass is 10.0. The number of rotatable bonds is 8. The predicted octanol–water partition coefficient (Wildman–Crippen LogP) is 2.69. The van der Waals surface area contributed by atoms with E-state index >= 15 is 0 Å². The van der Waals surface area contributed by atoms with Crippen molar-refractivity contribution in [3.05, 3.63) is 34.9 Å². The molecule has 0 aromatic heterocycles. The highest BCUT2D eigenvalue weighted by Crippen LogP contribution is 2.12. The molecule has 0 fully saturated rings. The van der Waals surface area contributed by atoms with E-state index in [-0.39, 0.29) is 11.8 Å². The smallest absolute Gasteiger partial charge is 0.147 e. The van der Waals surface area contributed by atoms with Crippen molar-refractivity contribution in [3.8, 4) is 0 Å². The molecule has 1 rings (SSSR count). The zero-order valence-corrected chi connectivity index (χ0v) is 13.1. The average Bonchev–Trinajstić information content (AvgIpc) is 2.34. The van der Waals surface area contributed by atoms with Crippen molar-refractivity contribution in [2.45, 2.75) is 32.2 Å². The van der Waals surface area contributed by atoms with E-state index in [9.17, 15) is 8.42 Å². The summed E-state index contributed by atoms with van der Waals surface area (Å²) in [5.74, 6) is 0.224. The predicted molar refractivity (Wildman–Crippen MR) is 81.6 cm³/mol. The van der Waals surface area contributed by atoms with Gasteiger partial charge >= 0.3 is 0 Å². The van der Waals surface area contributed by atoms with Gasteiger partial charge in [-0.05, 0) is 43.5 Å². The monoisotopic (exact) mass is 303 g/mol. The van der Waals surface area contributed by atoms with E-state index in [0.717, 1.165) is 24.4 Å². The average molecular weight is 304 g/mol. The fourth-order valence-corrected chi connectivity index (χ4v) is 2.72. The van der Waals surface area contributed by atoms with Crippen LogP contribution in [0.2, 0.25) is 5.02 Å². The normalized spacial score (nSPS) is 13.4. The van der Waals surface area contributed by atoms with E-state index < -0.39 is 9.84 Å². The standard InChI is InChI=1S/C14H22ClNO2S/c1-3-9-16-14(8-10-19(2,17)18)11-12-4-6-13(15)7-5-12/h4-7,14,16H,3,8-11H2,1-2H3. The molecule has 3 nitrogen and oxygen atoms in total. The van der Waals surface area contributed by atoms with E-state index in [0.29, 0.717) is 6.42 Å². The second-order valence-corrected chi connectivity index (χ2v) is 7.60. The van der Waals surface area contributed by atoms with Crippen LogP contribution in [0.15, 0.2) is 24.3 Å². The maximum Gasteiger partial charge on any atom is 0.147 e. The number of sulfone groups is 1. The molecular formula is C14H22ClNO2S. The van der Waals surface area contributed by atoms with Gasteiger partial charge in [-0.25, -0.2) is 8.42 Å². The Morgan fingerprint density at radius 2 is 1.89 bits per heavy atom. The summed E-state index contributed by atoms with van der Waals surface area (Å²) >= 11 is 5.86. The second-order valence-electron chi connectivity index (χ2n) is 4.90. The summed E-state index contributed by atoms with van der Waals surface area (Å²) in [5, 5.41) is 4.13. The Morgan fingerprint density at radius 1 is 1.26 bits per heavy atom. The minimum atomic E-state index is -2.90. The largest absolute Gasteiger partial charge is 0.314 e. The molecule has 1 N–H and O–H groups in total. The Morgan fingerprint density at radius 3 is 2.42 bits per heavy atom. The fourth-order valence-electron chi connectivity index (χ4n) is 1.89. The number of halogens is 1. The molecule has 0 saturated carbocycles. The van der Waals surface area contributed by atoms with Gasteiger partial charge in [0.25, 0.3) is 0 Å². The van der Waals surface area contributed by atoms with E-state index in [2.05, 4.69) is 12.2 Å². The molecule has 0 spiro atoms. The molecule has 19 heavy (non-hydrogen) atoms. The summed E-state index contributed by atoms with van der Waals surface area (Å²) < 4.78 is 22.5. The molecule has 108 valence electrons. The molecule has 1 atom stereocenters. The van der Waals surface area contributed by atoms with E-state index in [4.69, 9.17) is 11.6 Å². The second kappa shape index (κ2) is 7.88. The number of hydrogen-bond donors (Lipinski definition) is 1. The van der Waals surface area contributed by atoms with Crippen LogP contribution in [0.25, 0.3) is 0 Å². The number of nitrogens with one attached hydrogen (secondary N) is 1. The van der Waals surface area contributed by atoms with Crippen LogP contribution in [0.3, 0.4) is 0 Å². The van der Waals surface area contributed by atoms with Crippen molar-refractivity contribution in [1.82, 2.24) is 5.32 Å². The number of benzene rings is 1. The van der Waals surface area contributed by atoms with Crippen molar-refractivity contribution in [2.75, 3.05) is 18.6 Å². The van der Waals surface area contributed by atoms with Gasteiger partial charge in [-0.15, -0.1) is 0 Å². The zero-order chi connectivity index (χ0) is 14.3. The minimum Gasteiger partial charge on any atom is -0.314 e. The summed E-state index contributed by atoms with van der Waals surface area (Å²) in [5.41, 5.74) is 1.17. The molecule has 0 aliphatic carbocycles. The topological polar surface area (TPSA) is 46.2 Å². The van der Waals surface area contributed by atoms with Gasteiger partial charge in [0.1, 0.15) is 9.84 Å². The Balaban J connectivity index is 2.60. The molecule has 0 aliphatic rings. The van der Waals surface area contributed by atoms with Crippen molar-refractivity contribution in [2.24, 2.45) is 0 Å². The van der Waals surface area contributed by atoms with Crippen LogP contribution in [0, 0.1) is 0 Å². The van der Waals surface area contributed by atoms with Crippen LogP contribution in [0.4, 0.5) is 0 Å². The SMILES string of the molecule is CCCNC(CCS(C)(=O)=O)Cc1ccc(Cl)cc1. The third kappa shape index (κ3) is 7.55. The molecule has 1 aromatic rings. The van der Waals surface area contributed by atoms with Crippen LogP contribution in [-0.2, 0) is 16.3 Å². The Kier molecular flexibility index (Phi) is 6.83. The lowest BCUT2D eigenvalue weighted by molar-refractivity contribution is 0.491. The van der Waals surface area contributed by atoms with Gasteiger partial charge in [-0.2, -0.15) is 0 Å². The van der Waals surface area contributed by atoms with Gasteiger partial charge in [0, 0.05) is 17.3 Å². The highest BCUT2D eigenvalue weighted by Gasteiger charge is 2.12. The molecule has 0 aliphatic heterocycles. The van der Waals surface area contributed by atoms with Crippen molar-refractivity contribution < 1.29 is 8.42 Å². The van der Waals surface area contributed by atoms with Gasteiger partial charge in [-0.1, -0.05) is 30.7 Å². The molecule has 0 amide bonds. The zero-order valence-electron chi connectivity index (χ0n) is 11.5. The number of hydrogen-bond acceptors (Lipinski definition) is 3. The van der Waals surface area contributed by atoms with Crippen LogP contribution < -0.4 is 5.32 Å². The summed E-state index contributed by atoms with van der Waals surface area (Å²) in [6.07, 6.45) is 3.79. The van der Waals surface area contributed by atoms with Gasteiger partial charge in [0.15, 0.2) is 0 Å². The molecule has 0 radical (unpaired) electrons. The Labute approximate surface area is 121 Å². The Bertz CT molecular complexity index is 471. The fraction of sp³-hybridized carbons (Fsp3) is 0.571. The summed E-state index contributed by atoms with van der Waals surface area (Å²) in [7, 11) is -2.90. The third-order valence-electron chi connectivity index (χ3n) is 2.92. The van der Waals surface area contributed by atoms with Gasteiger partial charge < -0.3 is 5.32 Å². The van der Waals surface area contributed by atoms with Crippen LogP contribution in [0.1, 0.15) is 25.3 Å². The molecule has 0 bridgehead atoms. The van der Waals surface area contributed by atoms with Gasteiger partial charge in [0.05, 0.1) is 5.75 Å². The molecule has 5 heteroatoms. The van der Waals surface area contributed by atoms with Gasteiger partial charge in [-0.3, -0.25) is 0 Å². The minimum absolute atomic E-state index is 0.191. The molecule has 0 heterocycles. The lowest BCUT2D eigenvalue weighted by Crippen LogP contribution is -2.33. The van der Waals surface area contributed by atoms with Gasteiger partial charge in [0.2, 0.25) is 0 Å². The van der Waals surface area contributed by atoms with Crippen LogP contribution in [-0.4, -0.2) is 33.0 Å². The Hall–Kier alpha value is -0.580. The molecular weight excluding hydrogens is 282 g/mol. The quantitative estimate of drug-likeness (QED) is 0.803. The first-order valence-corrected chi connectivity index (χ1v) is 9.00. The van der Waals surface area contributed by atoms with E-state index in [1.165, 1.54) is 11.8 Å². The summed E-state index contributed by atoms with van der Waals surface area (Å²) in [6, 6.07) is 7.90. The van der Waals surface area contributed by atoms with Crippen molar-refractivity contribution in [1.29, 1.82) is 0 Å². The van der Waals surface area contributed by atoms with Crippen LogP contribution in [0.5, 0.6) is 0 Å². The highest BCUT2D eigenvalue weighted by molar-refractivity contribution is 7.90. The third-order valence-corrected chi connectivity index (χ3v) is 4.14. The van der Waals surface area contributed by atoms with Crippen LogP contribution >= 0.6 is 11.6 Å². The molecule has 1 unspecified atom stereocenters. The van der Waals surface area contributed by atoms with E-state index in [1.807, 2.05) is 24.3 Å². The first-order valence-electron chi connectivity index (χ1n) is 6.56. The molecule has 0 saturated heterocycles. The summed E-state index contributed by atoms with van der Waals surface area (Å²) in [6.45, 7) is 3.00. The highest BCUT2D eigenvalue weighted by atomic mass is 35.5. The maximum atomic E-state index is 11.3. The maximum absolute atomic E-state index is 11.3. The molecule has 1 aromatic carbocycles. The van der Waals surface area contributed by atoms with Crippen molar-refractivity contribution in [3.63, 3.8) is 0 Å².